The van der Waals surface area contributed by atoms with Gasteiger partial charge in [0.15, 0.2) is 6.20 Å². The lowest BCUT2D eigenvalue weighted by atomic mass is 9.93. The van der Waals surface area contributed by atoms with Crippen LogP contribution in [0.5, 0.6) is 0 Å². The van der Waals surface area contributed by atoms with Crippen molar-refractivity contribution >= 4 is 23.9 Å². The minimum atomic E-state index is -0.555. The van der Waals surface area contributed by atoms with Gasteiger partial charge in [-0.2, -0.15) is 0 Å². The van der Waals surface area contributed by atoms with E-state index in [9.17, 15) is 14.0 Å². The van der Waals surface area contributed by atoms with Crippen LogP contribution in [0.2, 0.25) is 0 Å². The number of amides is 2. The van der Waals surface area contributed by atoms with Gasteiger partial charge in [-0.15, -0.1) is 0 Å². The molecule has 0 spiro atoms. The lowest BCUT2D eigenvalue weighted by Gasteiger charge is -2.35. The van der Waals surface area contributed by atoms with Crippen molar-refractivity contribution in [1.82, 2.24) is 5.32 Å². The number of carbonyl (C=O) groups is 2. The summed E-state index contributed by atoms with van der Waals surface area (Å²) in [6.45, 7) is 10.8. The van der Waals surface area contributed by atoms with Crippen LogP contribution in [0.1, 0.15) is 13.3 Å². The fourth-order valence-corrected chi connectivity index (χ4v) is 3.48. The van der Waals surface area contributed by atoms with E-state index < -0.39 is 18.0 Å². The fraction of sp³-hybridized carbons (Fsp3) is 0.421. The molecule has 2 fully saturated rings. The van der Waals surface area contributed by atoms with Crippen LogP contribution >= 0.6 is 0 Å². The van der Waals surface area contributed by atoms with Gasteiger partial charge in [-0.1, -0.05) is 12.5 Å². The molecule has 3 rings (SSSR count). The third-order valence-electron chi connectivity index (χ3n) is 4.91. The fourth-order valence-electron chi connectivity index (χ4n) is 3.48. The van der Waals surface area contributed by atoms with Crippen molar-refractivity contribution in [3.05, 3.63) is 47.2 Å². The summed E-state index contributed by atoms with van der Waals surface area (Å²) in [5.74, 6) is -0.217. The van der Waals surface area contributed by atoms with E-state index in [0.717, 1.165) is 12.0 Å². The predicted octanol–water partition coefficient (Wildman–Crippen LogP) is 2.55. The minimum Gasteiger partial charge on any atom is -0.442 e. The van der Waals surface area contributed by atoms with Crippen LogP contribution in [-0.4, -0.2) is 44.8 Å². The highest BCUT2D eigenvalue weighted by atomic mass is 19.1. The van der Waals surface area contributed by atoms with Gasteiger partial charge in [-0.3, -0.25) is 9.69 Å². The van der Waals surface area contributed by atoms with Crippen molar-refractivity contribution in [2.24, 2.45) is 5.92 Å². The maximum Gasteiger partial charge on any atom is 0.414 e. The summed E-state index contributed by atoms with van der Waals surface area (Å²) in [4.78, 5) is 29.0. The monoisotopic (exact) mass is 372 g/mol. The largest absolute Gasteiger partial charge is 0.442 e. The Balaban J connectivity index is 1.71. The molecule has 1 aromatic rings. The highest BCUT2D eigenvalue weighted by Crippen LogP contribution is 2.32. The molecule has 1 aromatic carbocycles. The number of halogens is 1. The zero-order chi connectivity index (χ0) is 19.4. The van der Waals surface area contributed by atoms with Gasteiger partial charge in [0.25, 0.3) is 0 Å². The van der Waals surface area contributed by atoms with Crippen molar-refractivity contribution in [2.75, 3.05) is 36.0 Å². The number of ether oxygens (including phenoxy) is 1. The standard InChI is InChI=1S/C19H21FN4O3/c1-13-10-23(6-5-14(13)8-21-2)18-4-3-15(7-17(18)20)24-11-16(9-22-12-25)27-19(24)26/h3-4,7-8,12-13,16H,5-6,9-11H2,1H3,(H,22,25)/t13?,16-/m0/s1. The summed E-state index contributed by atoms with van der Waals surface area (Å²) in [7, 11) is 0. The molecule has 1 N–H and O–H groups in total. The number of hydrogen-bond acceptors (Lipinski definition) is 4. The molecule has 8 heteroatoms. The molecule has 2 heterocycles. The van der Waals surface area contributed by atoms with Crippen molar-refractivity contribution in [3.8, 4) is 0 Å². The number of anilines is 2. The molecule has 0 aromatic heterocycles. The number of carbonyl (C=O) groups excluding carboxylic acids is 2. The van der Waals surface area contributed by atoms with Crippen LogP contribution in [0.15, 0.2) is 30.0 Å². The number of nitrogens with zero attached hydrogens (tertiary/aromatic N) is 3. The summed E-state index contributed by atoms with van der Waals surface area (Å²) < 4.78 is 19.9. The normalized spacial score (nSPS) is 23.9. The second-order valence-corrected chi connectivity index (χ2v) is 6.71. The molecule has 2 aliphatic rings. The molecule has 0 radical (unpaired) electrons. The Morgan fingerprint density at radius 2 is 2.26 bits per heavy atom. The van der Waals surface area contributed by atoms with E-state index in [1.807, 2.05) is 11.8 Å². The van der Waals surface area contributed by atoms with Crippen molar-refractivity contribution in [1.29, 1.82) is 0 Å². The molecule has 2 aliphatic heterocycles. The SMILES string of the molecule is [C-]#[N+]C=C1CCN(c2ccc(N3C[C@H](CNC=O)OC3=O)cc2F)CC1C. The number of nitrogens with one attached hydrogen (secondary N) is 1. The average molecular weight is 372 g/mol. The second-order valence-electron chi connectivity index (χ2n) is 6.71. The van der Waals surface area contributed by atoms with Crippen LogP contribution in [0.3, 0.4) is 0 Å². The summed E-state index contributed by atoms with van der Waals surface area (Å²) >= 11 is 0. The lowest BCUT2D eigenvalue weighted by molar-refractivity contribution is -0.109. The third kappa shape index (κ3) is 4.03. The third-order valence-corrected chi connectivity index (χ3v) is 4.91. The van der Waals surface area contributed by atoms with Gasteiger partial charge < -0.3 is 15.0 Å². The number of piperidine rings is 1. The Kier molecular flexibility index (Phi) is 5.60. The zero-order valence-corrected chi connectivity index (χ0v) is 15.0. The first-order chi connectivity index (χ1) is 13.0. The molecule has 0 saturated carbocycles. The van der Waals surface area contributed by atoms with Crippen LogP contribution in [-0.2, 0) is 9.53 Å². The van der Waals surface area contributed by atoms with E-state index >= 15 is 0 Å². The van der Waals surface area contributed by atoms with Crippen LogP contribution < -0.4 is 15.1 Å². The number of rotatable bonds is 5. The van der Waals surface area contributed by atoms with Crippen LogP contribution in [0, 0.1) is 18.3 Å². The van der Waals surface area contributed by atoms with Crippen LogP contribution in [0.4, 0.5) is 20.6 Å². The first-order valence-corrected chi connectivity index (χ1v) is 8.78. The molecule has 1 unspecified atom stereocenters. The Morgan fingerprint density at radius 3 is 2.93 bits per heavy atom. The zero-order valence-electron chi connectivity index (χ0n) is 15.0. The molecule has 2 amide bonds. The molecule has 2 atom stereocenters. The lowest BCUT2D eigenvalue weighted by Crippen LogP contribution is -2.36. The van der Waals surface area contributed by atoms with E-state index in [1.165, 1.54) is 11.0 Å². The highest BCUT2D eigenvalue weighted by Gasteiger charge is 2.33. The van der Waals surface area contributed by atoms with Crippen molar-refractivity contribution < 1.29 is 18.7 Å². The molecule has 7 nitrogen and oxygen atoms in total. The van der Waals surface area contributed by atoms with Gasteiger partial charge >= 0.3 is 6.09 Å². The molecule has 0 bridgehead atoms. The van der Waals surface area contributed by atoms with E-state index in [-0.39, 0.29) is 19.0 Å². The maximum atomic E-state index is 14.7. The van der Waals surface area contributed by atoms with Gasteiger partial charge in [0.05, 0.1) is 31.0 Å². The molecule has 2 saturated heterocycles. The van der Waals surface area contributed by atoms with Crippen molar-refractivity contribution in [3.63, 3.8) is 0 Å². The number of cyclic esters (lactones) is 1. The molecule has 0 aliphatic carbocycles. The highest BCUT2D eigenvalue weighted by molar-refractivity contribution is 5.90. The Bertz CT molecular complexity index is 805. The van der Waals surface area contributed by atoms with Crippen LogP contribution in [0.25, 0.3) is 4.85 Å². The van der Waals surface area contributed by atoms with Gasteiger partial charge in [0, 0.05) is 13.1 Å². The maximum absolute atomic E-state index is 14.7. The van der Waals surface area contributed by atoms with Gasteiger partial charge in [-0.25, -0.2) is 14.0 Å². The topological polar surface area (TPSA) is 66.2 Å². The number of hydrogen-bond donors (Lipinski definition) is 1. The molecule has 142 valence electrons. The van der Waals surface area contributed by atoms with Crippen molar-refractivity contribution in [2.45, 2.75) is 19.4 Å². The summed E-state index contributed by atoms with van der Waals surface area (Å²) in [6, 6.07) is 4.71. The minimum absolute atomic E-state index is 0.187. The first-order valence-electron chi connectivity index (χ1n) is 8.78. The molecule has 27 heavy (non-hydrogen) atoms. The molecular weight excluding hydrogens is 351 g/mol. The Morgan fingerprint density at radius 1 is 1.44 bits per heavy atom. The first kappa shape index (κ1) is 18.7. The van der Waals surface area contributed by atoms with E-state index in [2.05, 4.69) is 10.2 Å². The van der Waals surface area contributed by atoms with Gasteiger partial charge in [-0.05, 0) is 30.5 Å². The summed E-state index contributed by atoms with van der Waals surface area (Å²) in [6.07, 6.45) is 1.83. The Hall–Kier alpha value is -3.08. The summed E-state index contributed by atoms with van der Waals surface area (Å²) in [5.41, 5.74) is 2.00. The van der Waals surface area contributed by atoms with Gasteiger partial charge in [0.1, 0.15) is 11.9 Å². The quantitative estimate of drug-likeness (QED) is 0.637. The number of benzene rings is 1. The molecular formula is C19H21FN4O3. The average Bonchev–Trinajstić information content (AvgIpc) is 3.02. The van der Waals surface area contributed by atoms with Gasteiger partial charge in [0.2, 0.25) is 6.41 Å². The Labute approximate surface area is 157 Å². The van der Waals surface area contributed by atoms with E-state index in [1.54, 1.807) is 18.3 Å². The second kappa shape index (κ2) is 8.08. The smallest absolute Gasteiger partial charge is 0.414 e. The van der Waals surface area contributed by atoms with E-state index in [0.29, 0.717) is 30.9 Å². The summed E-state index contributed by atoms with van der Waals surface area (Å²) in [5, 5.41) is 2.47. The van der Waals surface area contributed by atoms with E-state index in [4.69, 9.17) is 11.3 Å². The predicted molar refractivity (Wildman–Crippen MR) is 98.8 cm³/mol.